The van der Waals surface area contributed by atoms with Gasteiger partial charge in [-0.1, -0.05) is 29.8 Å². The lowest BCUT2D eigenvalue weighted by molar-refractivity contribution is -0.124. The summed E-state index contributed by atoms with van der Waals surface area (Å²) < 4.78 is 5.36. The number of pyridine rings is 1. The maximum Gasteiger partial charge on any atom is 0.253 e. The van der Waals surface area contributed by atoms with Crippen LogP contribution in [0.1, 0.15) is 24.0 Å². The fourth-order valence-corrected chi connectivity index (χ4v) is 2.48. The van der Waals surface area contributed by atoms with Crippen LogP contribution in [0.25, 0.3) is 0 Å². The fourth-order valence-electron chi connectivity index (χ4n) is 2.48. The summed E-state index contributed by atoms with van der Waals surface area (Å²) in [6, 6.07) is 12.1. The number of hydrogen-bond donors (Lipinski definition) is 2. The van der Waals surface area contributed by atoms with Crippen molar-refractivity contribution in [3.8, 4) is 0 Å². The molecule has 1 aromatic heterocycles. The minimum absolute atomic E-state index is 0.0929. The monoisotopic (exact) mass is 311 g/mol. The number of carbonyl (C=O) groups is 1. The van der Waals surface area contributed by atoms with Gasteiger partial charge in [-0.05, 0) is 37.5 Å². The first-order valence-electron chi connectivity index (χ1n) is 7.89. The molecule has 2 heterocycles. The molecule has 1 atom stereocenters. The highest BCUT2D eigenvalue weighted by molar-refractivity contribution is 5.94. The van der Waals surface area contributed by atoms with E-state index in [9.17, 15) is 4.79 Å². The Kier molecular flexibility index (Phi) is 4.88. The minimum Gasteiger partial charge on any atom is -0.368 e. The molecule has 1 aliphatic rings. The van der Waals surface area contributed by atoms with E-state index in [1.165, 1.54) is 11.1 Å². The molecule has 23 heavy (non-hydrogen) atoms. The summed E-state index contributed by atoms with van der Waals surface area (Å²) in [7, 11) is 0. The van der Waals surface area contributed by atoms with Gasteiger partial charge in [0.1, 0.15) is 11.9 Å². The van der Waals surface area contributed by atoms with E-state index >= 15 is 0 Å². The van der Waals surface area contributed by atoms with Crippen molar-refractivity contribution >= 4 is 17.4 Å². The smallest absolute Gasteiger partial charge is 0.253 e. The molecule has 1 amide bonds. The average Bonchev–Trinajstić information content (AvgIpc) is 3.10. The Balaban J connectivity index is 1.52. The molecular formula is C18H21N3O2. The predicted molar refractivity (Wildman–Crippen MR) is 90.3 cm³/mol. The van der Waals surface area contributed by atoms with Crippen LogP contribution in [-0.4, -0.2) is 23.6 Å². The van der Waals surface area contributed by atoms with Gasteiger partial charge in [0.2, 0.25) is 0 Å². The topological polar surface area (TPSA) is 63.2 Å². The van der Waals surface area contributed by atoms with E-state index in [0.717, 1.165) is 25.2 Å². The summed E-state index contributed by atoms with van der Waals surface area (Å²) in [5, 5.41) is 6.10. The largest absolute Gasteiger partial charge is 0.368 e. The molecule has 3 rings (SSSR count). The normalized spacial score (nSPS) is 17.0. The van der Waals surface area contributed by atoms with E-state index in [-0.39, 0.29) is 12.0 Å². The molecule has 0 aliphatic carbocycles. The SMILES string of the molecule is Cc1ccc(CNc2ccc(NC(=O)C3CCCO3)cn2)cc1. The van der Waals surface area contributed by atoms with Crippen molar-refractivity contribution in [3.05, 3.63) is 53.7 Å². The third-order valence-corrected chi connectivity index (χ3v) is 3.85. The average molecular weight is 311 g/mol. The fraction of sp³-hybridized carbons (Fsp3) is 0.333. The van der Waals surface area contributed by atoms with E-state index in [2.05, 4.69) is 46.8 Å². The quantitative estimate of drug-likeness (QED) is 0.890. The van der Waals surface area contributed by atoms with Crippen LogP contribution in [0.3, 0.4) is 0 Å². The van der Waals surface area contributed by atoms with Crippen LogP contribution in [0.4, 0.5) is 11.5 Å². The Morgan fingerprint density at radius 2 is 2.09 bits per heavy atom. The molecule has 1 aromatic carbocycles. The number of benzene rings is 1. The summed E-state index contributed by atoms with van der Waals surface area (Å²) in [5.41, 5.74) is 3.14. The van der Waals surface area contributed by atoms with Crippen molar-refractivity contribution in [2.75, 3.05) is 17.2 Å². The van der Waals surface area contributed by atoms with Crippen molar-refractivity contribution in [3.63, 3.8) is 0 Å². The molecule has 0 spiro atoms. The Hall–Kier alpha value is -2.40. The minimum atomic E-state index is -0.325. The number of aryl methyl sites for hydroxylation is 1. The number of hydrogen-bond acceptors (Lipinski definition) is 4. The number of nitrogens with one attached hydrogen (secondary N) is 2. The van der Waals surface area contributed by atoms with E-state index in [1.54, 1.807) is 6.20 Å². The second-order valence-corrected chi connectivity index (χ2v) is 5.76. The molecule has 5 nitrogen and oxygen atoms in total. The molecule has 1 unspecified atom stereocenters. The first kappa shape index (κ1) is 15.5. The molecule has 0 radical (unpaired) electrons. The second kappa shape index (κ2) is 7.24. The lowest BCUT2D eigenvalue weighted by Crippen LogP contribution is -2.26. The van der Waals surface area contributed by atoms with Gasteiger partial charge in [-0.3, -0.25) is 4.79 Å². The highest BCUT2D eigenvalue weighted by atomic mass is 16.5. The van der Waals surface area contributed by atoms with Gasteiger partial charge >= 0.3 is 0 Å². The lowest BCUT2D eigenvalue weighted by atomic mass is 10.1. The Morgan fingerprint density at radius 3 is 2.74 bits per heavy atom. The molecule has 2 N–H and O–H groups in total. The van der Waals surface area contributed by atoms with E-state index in [4.69, 9.17) is 4.74 Å². The first-order chi connectivity index (χ1) is 11.2. The Labute approximate surface area is 136 Å². The zero-order chi connectivity index (χ0) is 16.1. The van der Waals surface area contributed by atoms with Crippen LogP contribution in [0.15, 0.2) is 42.6 Å². The third-order valence-electron chi connectivity index (χ3n) is 3.85. The van der Waals surface area contributed by atoms with Crippen molar-refractivity contribution in [2.45, 2.75) is 32.4 Å². The second-order valence-electron chi connectivity index (χ2n) is 5.76. The lowest BCUT2D eigenvalue weighted by Gasteiger charge is -2.11. The summed E-state index contributed by atoms with van der Waals surface area (Å²) in [4.78, 5) is 16.3. The standard InChI is InChI=1S/C18H21N3O2/c1-13-4-6-14(7-5-13)11-19-17-9-8-15(12-20-17)21-18(22)16-3-2-10-23-16/h4-9,12,16H,2-3,10-11H2,1H3,(H,19,20)(H,21,22). The molecule has 120 valence electrons. The number of nitrogens with zero attached hydrogens (tertiary/aromatic N) is 1. The van der Waals surface area contributed by atoms with Gasteiger partial charge in [0.15, 0.2) is 0 Å². The maximum absolute atomic E-state index is 12.0. The molecule has 2 aromatic rings. The molecule has 1 aliphatic heterocycles. The van der Waals surface area contributed by atoms with E-state index in [0.29, 0.717) is 12.3 Å². The van der Waals surface area contributed by atoms with Crippen LogP contribution in [-0.2, 0) is 16.1 Å². The molecule has 0 bridgehead atoms. The van der Waals surface area contributed by atoms with E-state index in [1.807, 2.05) is 12.1 Å². The molecule has 5 heteroatoms. The first-order valence-corrected chi connectivity index (χ1v) is 7.89. The number of amides is 1. The highest BCUT2D eigenvalue weighted by Gasteiger charge is 2.23. The van der Waals surface area contributed by atoms with Crippen LogP contribution < -0.4 is 10.6 Å². The zero-order valence-corrected chi connectivity index (χ0v) is 13.2. The van der Waals surface area contributed by atoms with Crippen molar-refractivity contribution in [1.29, 1.82) is 0 Å². The summed E-state index contributed by atoms with van der Waals surface area (Å²) in [6.45, 7) is 3.45. The Bertz CT molecular complexity index is 647. The third kappa shape index (κ3) is 4.29. The van der Waals surface area contributed by atoms with Crippen molar-refractivity contribution in [1.82, 2.24) is 4.98 Å². The molecule has 0 saturated carbocycles. The van der Waals surface area contributed by atoms with Gasteiger partial charge in [0.05, 0.1) is 11.9 Å². The highest BCUT2D eigenvalue weighted by Crippen LogP contribution is 2.16. The van der Waals surface area contributed by atoms with Gasteiger partial charge in [-0.2, -0.15) is 0 Å². The van der Waals surface area contributed by atoms with Crippen LogP contribution in [0, 0.1) is 6.92 Å². The summed E-state index contributed by atoms with van der Waals surface area (Å²) in [6.07, 6.45) is 3.06. The number of ether oxygens (including phenoxy) is 1. The number of rotatable bonds is 5. The van der Waals surface area contributed by atoms with Gasteiger partial charge in [-0.25, -0.2) is 4.98 Å². The number of carbonyl (C=O) groups excluding carboxylic acids is 1. The van der Waals surface area contributed by atoms with Crippen LogP contribution in [0.5, 0.6) is 0 Å². The van der Waals surface area contributed by atoms with E-state index < -0.39 is 0 Å². The van der Waals surface area contributed by atoms with Crippen molar-refractivity contribution < 1.29 is 9.53 Å². The van der Waals surface area contributed by atoms with Crippen LogP contribution in [0.2, 0.25) is 0 Å². The molecular weight excluding hydrogens is 290 g/mol. The van der Waals surface area contributed by atoms with Crippen molar-refractivity contribution in [2.24, 2.45) is 0 Å². The Morgan fingerprint density at radius 1 is 1.26 bits per heavy atom. The van der Waals surface area contributed by atoms with Gasteiger partial charge in [0.25, 0.3) is 5.91 Å². The van der Waals surface area contributed by atoms with Gasteiger partial charge in [0, 0.05) is 13.2 Å². The maximum atomic E-state index is 12.0. The molecule has 1 fully saturated rings. The summed E-state index contributed by atoms with van der Waals surface area (Å²) >= 11 is 0. The zero-order valence-electron chi connectivity index (χ0n) is 13.2. The predicted octanol–water partition coefficient (Wildman–Crippen LogP) is 3.12. The summed E-state index contributed by atoms with van der Waals surface area (Å²) in [5.74, 6) is 0.686. The molecule has 1 saturated heterocycles. The van der Waals surface area contributed by atoms with Gasteiger partial charge < -0.3 is 15.4 Å². The number of anilines is 2. The van der Waals surface area contributed by atoms with Crippen LogP contribution >= 0.6 is 0 Å². The number of aromatic nitrogens is 1. The van der Waals surface area contributed by atoms with Gasteiger partial charge in [-0.15, -0.1) is 0 Å².